The van der Waals surface area contributed by atoms with E-state index in [4.69, 9.17) is 9.84 Å². The zero-order chi connectivity index (χ0) is 13.1. The minimum Gasteiger partial charge on any atom is -0.496 e. The minimum atomic E-state index is 0.132. The zero-order valence-corrected chi connectivity index (χ0v) is 11.7. The third-order valence-electron chi connectivity index (χ3n) is 2.77. The Kier molecular flexibility index (Phi) is 3.99. The van der Waals surface area contributed by atoms with Gasteiger partial charge in [0.2, 0.25) is 0 Å². The summed E-state index contributed by atoms with van der Waals surface area (Å²) in [4.78, 5) is 4.54. The number of benzene rings is 1. The van der Waals surface area contributed by atoms with Crippen molar-refractivity contribution in [3.63, 3.8) is 0 Å². The highest BCUT2D eigenvalue weighted by Gasteiger charge is 2.13. The van der Waals surface area contributed by atoms with E-state index in [-0.39, 0.29) is 6.61 Å². The van der Waals surface area contributed by atoms with Crippen molar-refractivity contribution in [2.45, 2.75) is 20.3 Å². The van der Waals surface area contributed by atoms with Gasteiger partial charge in [-0.25, -0.2) is 4.98 Å². The van der Waals surface area contributed by atoms with Gasteiger partial charge >= 0.3 is 0 Å². The molecule has 0 fully saturated rings. The highest BCUT2D eigenvalue weighted by molar-refractivity contribution is 7.13. The maximum absolute atomic E-state index is 8.93. The van der Waals surface area contributed by atoms with Gasteiger partial charge in [0, 0.05) is 18.4 Å². The van der Waals surface area contributed by atoms with Gasteiger partial charge in [0.25, 0.3) is 0 Å². The van der Waals surface area contributed by atoms with Gasteiger partial charge in [-0.3, -0.25) is 0 Å². The van der Waals surface area contributed by atoms with Crippen LogP contribution in [0, 0.1) is 13.8 Å². The Morgan fingerprint density at radius 2 is 2.11 bits per heavy atom. The molecule has 0 spiro atoms. The fraction of sp³-hybridized carbons (Fsp3) is 0.357. The van der Waals surface area contributed by atoms with Crippen LogP contribution in [0.15, 0.2) is 17.5 Å². The normalized spacial score (nSPS) is 10.7. The lowest BCUT2D eigenvalue weighted by molar-refractivity contribution is 0.298. The number of ether oxygens (including phenoxy) is 1. The molecular formula is C14H17NO2S. The molecule has 0 saturated carbocycles. The Bertz CT molecular complexity index is 549. The summed E-state index contributed by atoms with van der Waals surface area (Å²) in [5.41, 5.74) is 4.27. The van der Waals surface area contributed by atoms with Crippen LogP contribution in [0.2, 0.25) is 0 Å². The summed E-state index contributed by atoms with van der Waals surface area (Å²) in [5, 5.41) is 11.9. The molecule has 1 heterocycles. The van der Waals surface area contributed by atoms with E-state index in [2.05, 4.69) is 24.0 Å². The largest absolute Gasteiger partial charge is 0.496 e. The Labute approximate surface area is 111 Å². The molecule has 0 saturated heterocycles. The molecule has 3 nitrogen and oxygen atoms in total. The highest BCUT2D eigenvalue weighted by atomic mass is 32.1. The molecular weight excluding hydrogens is 246 g/mol. The Morgan fingerprint density at radius 1 is 1.33 bits per heavy atom. The van der Waals surface area contributed by atoms with Crippen LogP contribution in [0.1, 0.15) is 16.8 Å². The standard InChI is InChI=1S/C14H17NO2S/c1-9-6-10(2)13(17-3)12(7-9)14-15-11(4-5-16)8-18-14/h6-8,16H,4-5H2,1-3H3. The highest BCUT2D eigenvalue weighted by Crippen LogP contribution is 2.35. The lowest BCUT2D eigenvalue weighted by Gasteiger charge is -2.10. The van der Waals surface area contributed by atoms with Crippen LogP contribution in [0.25, 0.3) is 10.6 Å². The lowest BCUT2D eigenvalue weighted by Crippen LogP contribution is -1.94. The molecule has 0 bridgehead atoms. The molecule has 0 amide bonds. The number of hydrogen-bond acceptors (Lipinski definition) is 4. The molecule has 1 N–H and O–H groups in total. The van der Waals surface area contributed by atoms with E-state index in [0.717, 1.165) is 27.6 Å². The molecule has 2 rings (SSSR count). The van der Waals surface area contributed by atoms with E-state index in [1.807, 2.05) is 12.3 Å². The first-order valence-corrected chi connectivity index (χ1v) is 6.74. The number of hydrogen-bond donors (Lipinski definition) is 1. The van der Waals surface area contributed by atoms with Gasteiger partial charge in [0.1, 0.15) is 10.8 Å². The summed E-state index contributed by atoms with van der Waals surface area (Å²) in [6, 6.07) is 4.19. The van der Waals surface area contributed by atoms with E-state index in [0.29, 0.717) is 6.42 Å². The van der Waals surface area contributed by atoms with Gasteiger partial charge in [0.05, 0.1) is 18.4 Å². The number of aromatic nitrogens is 1. The topological polar surface area (TPSA) is 42.4 Å². The summed E-state index contributed by atoms with van der Waals surface area (Å²) >= 11 is 1.59. The molecule has 0 radical (unpaired) electrons. The number of aryl methyl sites for hydroxylation is 2. The Hall–Kier alpha value is -1.39. The van der Waals surface area contributed by atoms with Crippen LogP contribution >= 0.6 is 11.3 Å². The Morgan fingerprint density at radius 3 is 2.78 bits per heavy atom. The third kappa shape index (κ3) is 2.54. The monoisotopic (exact) mass is 263 g/mol. The molecule has 0 aliphatic rings. The predicted octanol–water partition coefficient (Wildman–Crippen LogP) is 2.97. The van der Waals surface area contributed by atoms with Gasteiger partial charge in [0.15, 0.2) is 0 Å². The molecule has 96 valence electrons. The number of methoxy groups -OCH3 is 1. The fourth-order valence-corrected chi connectivity index (χ4v) is 2.91. The number of nitrogens with zero attached hydrogens (tertiary/aromatic N) is 1. The van der Waals surface area contributed by atoms with E-state index >= 15 is 0 Å². The summed E-state index contributed by atoms with van der Waals surface area (Å²) in [6.45, 7) is 4.24. The van der Waals surface area contributed by atoms with Gasteiger partial charge in [-0.2, -0.15) is 0 Å². The summed E-state index contributed by atoms with van der Waals surface area (Å²) in [6.07, 6.45) is 0.601. The molecule has 1 aromatic carbocycles. The van der Waals surface area contributed by atoms with E-state index < -0.39 is 0 Å². The van der Waals surface area contributed by atoms with Crippen molar-refractivity contribution in [2.75, 3.05) is 13.7 Å². The fourth-order valence-electron chi connectivity index (χ4n) is 2.04. The summed E-state index contributed by atoms with van der Waals surface area (Å²) in [7, 11) is 1.68. The van der Waals surface area contributed by atoms with Gasteiger partial charge < -0.3 is 9.84 Å². The van der Waals surface area contributed by atoms with Crippen LogP contribution in [0.5, 0.6) is 5.75 Å². The first kappa shape index (κ1) is 13.1. The third-order valence-corrected chi connectivity index (χ3v) is 3.70. The zero-order valence-electron chi connectivity index (χ0n) is 10.9. The first-order chi connectivity index (χ1) is 8.65. The number of aliphatic hydroxyl groups excluding tert-OH is 1. The van der Waals surface area contributed by atoms with Crippen molar-refractivity contribution >= 4 is 11.3 Å². The van der Waals surface area contributed by atoms with Crippen LogP contribution in [-0.2, 0) is 6.42 Å². The van der Waals surface area contributed by atoms with E-state index in [1.54, 1.807) is 18.4 Å². The molecule has 1 aromatic heterocycles. The average Bonchev–Trinajstić information content (AvgIpc) is 2.77. The lowest BCUT2D eigenvalue weighted by atomic mass is 10.1. The summed E-state index contributed by atoms with van der Waals surface area (Å²) < 4.78 is 5.47. The Balaban J connectivity index is 2.48. The van der Waals surface area contributed by atoms with Crippen LogP contribution in [0.4, 0.5) is 0 Å². The molecule has 0 aliphatic heterocycles. The minimum absolute atomic E-state index is 0.132. The number of rotatable bonds is 4. The average molecular weight is 263 g/mol. The maximum Gasteiger partial charge on any atom is 0.132 e. The van der Waals surface area contributed by atoms with Crippen molar-refractivity contribution in [1.29, 1.82) is 0 Å². The maximum atomic E-state index is 8.93. The van der Waals surface area contributed by atoms with Crippen LogP contribution < -0.4 is 4.74 Å². The van der Waals surface area contributed by atoms with Gasteiger partial charge in [-0.15, -0.1) is 11.3 Å². The molecule has 18 heavy (non-hydrogen) atoms. The van der Waals surface area contributed by atoms with Gasteiger partial charge in [-0.05, 0) is 31.0 Å². The van der Waals surface area contributed by atoms with E-state index in [1.165, 1.54) is 5.56 Å². The van der Waals surface area contributed by atoms with E-state index in [9.17, 15) is 0 Å². The van der Waals surface area contributed by atoms with Crippen molar-refractivity contribution in [2.24, 2.45) is 0 Å². The van der Waals surface area contributed by atoms with Crippen molar-refractivity contribution < 1.29 is 9.84 Å². The molecule has 0 unspecified atom stereocenters. The van der Waals surface area contributed by atoms with Crippen LogP contribution in [0.3, 0.4) is 0 Å². The number of aliphatic hydroxyl groups is 1. The van der Waals surface area contributed by atoms with Gasteiger partial charge in [-0.1, -0.05) is 6.07 Å². The second-order valence-corrected chi connectivity index (χ2v) is 5.14. The van der Waals surface area contributed by atoms with Crippen LogP contribution in [-0.4, -0.2) is 23.8 Å². The quantitative estimate of drug-likeness (QED) is 0.922. The molecule has 2 aromatic rings. The second-order valence-electron chi connectivity index (χ2n) is 4.28. The van der Waals surface area contributed by atoms with Crippen molar-refractivity contribution in [3.8, 4) is 16.3 Å². The van der Waals surface area contributed by atoms with Crippen molar-refractivity contribution in [3.05, 3.63) is 34.3 Å². The predicted molar refractivity (Wildman–Crippen MR) is 74.4 cm³/mol. The SMILES string of the molecule is COc1c(C)cc(C)cc1-c1nc(CCO)cs1. The smallest absolute Gasteiger partial charge is 0.132 e. The summed E-state index contributed by atoms with van der Waals surface area (Å²) in [5.74, 6) is 0.880. The van der Waals surface area contributed by atoms with Crippen molar-refractivity contribution in [1.82, 2.24) is 4.98 Å². The molecule has 4 heteroatoms. The molecule has 0 aliphatic carbocycles. The first-order valence-electron chi connectivity index (χ1n) is 5.86. The number of thiazole rings is 1. The molecule has 0 atom stereocenters. The second kappa shape index (κ2) is 5.50.